The van der Waals surface area contributed by atoms with Gasteiger partial charge in [-0.05, 0) is 31.1 Å². The zero-order chi connectivity index (χ0) is 10.0. The second-order valence-electron chi connectivity index (χ2n) is 5.12. The molecule has 1 fully saturated rings. The van der Waals surface area contributed by atoms with E-state index in [0.29, 0.717) is 11.5 Å². The smallest absolute Gasteiger partial charge is 0.156 e. The van der Waals surface area contributed by atoms with E-state index in [-0.39, 0.29) is 0 Å². The third-order valence-corrected chi connectivity index (χ3v) is 4.16. The van der Waals surface area contributed by atoms with Gasteiger partial charge in [0.05, 0.1) is 6.54 Å². The van der Waals surface area contributed by atoms with Crippen molar-refractivity contribution in [1.82, 2.24) is 5.32 Å². The molecule has 2 rings (SSSR count). The molecule has 0 amide bonds. The molecule has 3 heteroatoms. The highest BCUT2D eigenvalue weighted by atomic mass is 32.2. The summed E-state index contributed by atoms with van der Waals surface area (Å²) in [5.41, 5.74) is 0.572. The normalized spacial score (nSPS) is 27.4. The number of amidine groups is 1. The molecule has 1 heterocycles. The van der Waals surface area contributed by atoms with E-state index in [1.54, 1.807) is 0 Å². The predicted molar refractivity (Wildman–Crippen MR) is 63.9 cm³/mol. The van der Waals surface area contributed by atoms with Crippen molar-refractivity contribution < 1.29 is 0 Å². The van der Waals surface area contributed by atoms with E-state index < -0.39 is 0 Å². The molecule has 0 aromatic carbocycles. The highest BCUT2D eigenvalue weighted by Crippen LogP contribution is 2.35. The van der Waals surface area contributed by atoms with Crippen molar-refractivity contribution in [2.24, 2.45) is 10.4 Å². The molecule has 14 heavy (non-hydrogen) atoms. The van der Waals surface area contributed by atoms with Crippen LogP contribution in [0.25, 0.3) is 0 Å². The molecule has 0 saturated heterocycles. The zero-order valence-electron chi connectivity index (χ0n) is 9.18. The largest absolute Gasteiger partial charge is 0.362 e. The second-order valence-corrected chi connectivity index (χ2v) is 6.20. The van der Waals surface area contributed by atoms with Gasteiger partial charge < -0.3 is 5.32 Å². The maximum Gasteiger partial charge on any atom is 0.156 e. The Morgan fingerprint density at radius 2 is 2.07 bits per heavy atom. The maximum atomic E-state index is 4.43. The van der Waals surface area contributed by atoms with E-state index >= 15 is 0 Å². The van der Waals surface area contributed by atoms with Gasteiger partial charge in [0.25, 0.3) is 0 Å². The van der Waals surface area contributed by atoms with Crippen LogP contribution in [0.3, 0.4) is 0 Å². The van der Waals surface area contributed by atoms with Crippen LogP contribution in [-0.4, -0.2) is 23.5 Å². The lowest BCUT2D eigenvalue weighted by atomic mass is 9.76. The van der Waals surface area contributed by atoms with Crippen LogP contribution in [0.5, 0.6) is 0 Å². The number of hydrogen-bond acceptors (Lipinski definition) is 3. The molecule has 1 saturated carbocycles. The summed E-state index contributed by atoms with van der Waals surface area (Å²) >= 11 is 1.87. The van der Waals surface area contributed by atoms with Gasteiger partial charge in [0.2, 0.25) is 0 Å². The third-order valence-electron chi connectivity index (χ3n) is 3.25. The molecular formula is C11H20N2S. The van der Waals surface area contributed by atoms with Crippen molar-refractivity contribution in [2.45, 2.75) is 45.6 Å². The molecule has 0 unspecified atom stereocenters. The first-order valence-electron chi connectivity index (χ1n) is 5.59. The predicted octanol–water partition coefficient (Wildman–Crippen LogP) is 2.65. The summed E-state index contributed by atoms with van der Waals surface area (Å²) in [5.74, 6) is 1.17. The standard InChI is InChI=1S/C11H20N2S/c1-11(2)5-3-9(4-6-11)13-10-12-7-8-14-10/h9H,3-8H2,1-2H3,(H,12,13). The van der Waals surface area contributed by atoms with Crippen LogP contribution in [0.4, 0.5) is 0 Å². The average molecular weight is 212 g/mol. The lowest BCUT2D eigenvalue weighted by Crippen LogP contribution is -2.37. The highest BCUT2D eigenvalue weighted by Gasteiger charge is 2.27. The first kappa shape index (κ1) is 10.3. The van der Waals surface area contributed by atoms with Crippen LogP contribution in [0.2, 0.25) is 0 Å². The Hall–Kier alpha value is -0.180. The highest BCUT2D eigenvalue weighted by molar-refractivity contribution is 8.14. The molecule has 0 aromatic heterocycles. The Bertz CT molecular complexity index is 225. The first-order chi connectivity index (χ1) is 6.66. The van der Waals surface area contributed by atoms with E-state index in [1.165, 1.54) is 36.6 Å². The number of rotatable bonds is 1. The number of nitrogens with one attached hydrogen (secondary N) is 1. The molecule has 2 aliphatic rings. The minimum Gasteiger partial charge on any atom is -0.362 e. The third kappa shape index (κ3) is 2.66. The number of hydrogen-bond donors (Lipinski definition) is 1. The summed E-state index contributed by atoms with van der Waals surface area (Å²) in [7, 11) is 0. The fourth-order valence-corrected chi connectivity index (χ4v) is 2.95. The molecule has 0 radical (unpaired) electrons. The Labute approximate surface area is 90.9 Å². The van der Waals surface area contributed by atoms with Crippen LogP contribution in [0.15, 0.2) is 4.99 Å². The van der Waals surface area contributed by atoms with Gasteiger partial charge in [0, 0.05) is 11.8 Å². The van der Waals surface area contributed by atoms with E-state index in [0.717, 1.165) is 6.54 Å². The number of aliphatic imine (C=N–C) groups is 1. The Morgan fingerprint density at radius 1 is 1.36 bits per heavy atom. The van der Waals surface area contributed by atoms with Gasteiger partial charge in [-0.15, -0.1) is 0 Å². The Balaban J connectivity index is 1.78. The van der Waals surface area contributed by atoms with Crippen LogP contribution < -0.4 is 5.32 Å². The fourth-order valence-electron chi connectivity index (χ4n) is 2.14. The fraction of sp³-hybridized carbons (Fsp3) is 0.909. The molecule has 80 valence electrons. The molecule has 1 N–H and O–H groups in total. The SMILES string of the molecule is CC1(C)CCC(NC2=NCCS2)CC1. The van der Waals surface area contributed by atoms with Crippen molar-refractivity contribution in [2.75, 3.05) is 12.3 Å². The Morgan fingerprint density at radius 3 is 2.64 bits per heavy atom. The average Bonchev–Trinajstić information content (AvgIpc) is 2.61. The molecule has 1 aliphatic heterocycles. The van der Waals surface area contributed by atoms with Crippen molar-refractivity contribution in [3.05, 3.63) is 0 Å². The van der Waals surface area contributed by atoms with Crippen LogP contribution in [0, 0.1) is 5.41 Å². The van der Waals surface area contributed by atoms with E-state index in [1.807, 2.05) is 11.8 Å². The van der Waals surface area contributed by atoms with Gasteiger partial charge in [0.1, 0.15) is 0 Å². The Kier molecular flexibility index (Phi) is 3.05. The molecule has 0 bridgehead atoms. The van der Waals surface area contributed by atoms with Gasteiger partial charge in [-0.3, -0.25) is 4.99 Å². The molecule has 1 aliphatic carbocycles. The van der Waals surface area contributed by atoms with Crippen molar-refractivity contribution in [1.29, 1.82) is 0 Å². The van der Waals surface area contributed by atoms with Gasteiger partial charge in [-0.25, -0.2) is 0 Å². The van der Waals surface area contributed by atoms with E-state index in [9.17, 15) is 0 Å². The van der Waals surface area contributed by atoms with Crippen LogP contribution >= 0.6 is 11.8 Å². The summed E-state index contributed by atoms with van der Waals surface area (Å²) in [4.78, 5) is 4.43. The summed E-state index contributed by atoms with van der Waals surface area (Å²) in [6.45, 7) is 5.77. The van der Waals surface area contributed by atoms with E-state index in [2.05, 4.69) is 24.2 Å². The molecule has 2 nitrogen and oxygen atoms in total. The lowest BCUT2D eigenvalue weighted by Gasteiger charge is -2.34. The molecule has 0 atom stereocenters. The van der Waals surface area contributed by atoms with Crippen LogP contribution in [0.1, 0.15) is 39.5 Å². The van der Waals surface area contributed by atoms with Crippen molar-refractivity contribution in [3.8, 4) is 0 Å². The minimum atomic E-state index is 0.572. The summed E-state index contributed by atoms with van der Waals surface area (Å²) in [5, 5.41) is 4.76. The summed E-state index contributed by atoms with van der Waals surface area (Å²) in [6, 6.07) is 0.687. The van der Waals surface area contributed by atoms with Crippen molar-refractivity contribution >= 4 is 16.9 Å². The van der Waals surface area contributed by atoms with Gasteiger partial charge in [-0.1, -0.05) is 25.6 Å². The topological polar surface area (TPSA) is 24.4 Å². The van der Waals surface area contributed by atoms with Crippen molar-refractivity contribution in [3.63, 3.8) is 0 Å². The van der Waals surface area contributed by atoms with Gasteiger partial charge in [0.15, 0.2) is 5.17 Å². The summed E-state index contributed by atoms with van der Waals surface area (Å²) in [6.07, 6.45) is 5.32. The van der Waals surface area contributed by atoms with Gasteiger partial charge in [-0.2, -0.15) is 0 Å². The molecular weight excluding hydrogens is 192 g/mol. The number of nitrogens with zero attached hydrogens (tertiary/aromatic N) is 1. The quantitative estimate of drug-likeness (QED) is 0.722. The van der Waals surface area contributed by atoms with Gasteiger partial charge >= 0.3 is 0 Å². The summed E-state index contributed by atoms with van der Waals surface area (Å²) < 4.78 is 0. The first-order valence-corrected chi connectivity index (χ1v) is 6.58. The van der Waals surface area contributed by atoms with E-state index in [4.69, 9.17) is 0 Å². The lowest BCUT2D eigenvalue weighted by molar-refractivity contribution is 0.217. The van der Waals surface area contributed by atoms with Crippen LogP contribution in [-0.2, 0) is 0 Å². The molecule has 0 spiro atoms. The molecule has 0 aromatic rings. The monoisotopic (exact) mass is 212 g/mol. The minimum absolute atomic E-state index is 0.572. The zero-order valence-corrected chi connectivity index (χ0v) is 9.99. The second kappa shape index (κ2) is 4.13. The number of thioether (sulfide) groups is 1. The maximum absolute atomic E-state index is 4.43.